The van der Waals surface area contributed by atoms with Crippen LogP contribution in [0.3, 0.4) is 0 Å². The SMILES string of the molecule is CC/C=C/C/C=C/C/C=C/C/C=C/CCCCCCCCC(=O)OCC(COCCC(C(=O)[O-])[N+](C)(C)C)OC(=O)CCCCCCCCCCC/C=C/C/C=C/C/C=C/CC. The first kappa shape index (κ1) is 58.5. The number of hydrogen-bond donors (Lipinski definition) is 0. The molecule has 0 saturated heterocycles. The van der Waals surface area contributed by atoms with E-state index in [0.29, 0.717) is 12.8 Å². The summed E-state index contributed by atoms with van der Waals surface area (Å²) >= 11 is 0. The Morgan fingerprint density at radius 1 is 0.484 bits per heavy atom. The molecule has 8 heteroatoms. The number of quaternary nitrogens is 1. The number of likely N-dealkylation sites (N-methyl/N-ethyl adjacent to an activating group) is 1. The van der Waals surface area contributed by atoms with Crippen molar-refractivity contribution in [1.82, 2.24) is 0 Å². The van der Waals surface area contributed by atoms with Crippen molar-refractivity contribution < 1.29 is 38.2 Å². The van der Waals surface area contributed by atoms with Gasteiger partial charge in [-0.1, -0.05) is 170 Å². The minimum atomic E-state index is -1.13. The van der Waals surface area contributed by atoms with E-state index in [1.165, 1.54) is 51.4 Å². The number of ether oxygens (including phenoxy) is 3. The van der Waals surface area contributed by atoms with Crippen LogP contribution in [0.15, 0.2) is 85.1 Å². The Morgan fingerprint density at radius 2 is 0.855 bits per heavy atom. The van der Waals surface area contributed by atoms with Crippen LogP contribution in [-0.4, -0.2) is 75.5 Å². The maximum Gasteiger partial charge on any atom is 0.306 e. The van der Waals surface area contributed by atoms with Crippen molar-refractivity contribution in [2.75, 3.05) is 41.0 Å². The van der Waals surface area contributed by atoms with Crippen LogP contribution >= 0.6 is 0 Å². The maximum absolute atomic E-state index is 12.8. The van der Waals surface area contributed by atoms with E-state index in [1.807, 2.05) is 0 Å². The van der Waals surface area contributed by atoms with Gasteiger partial charge in [0.05, 0.1) is 40.3 Å². The predicted molar refractivity (Wildman–Crippen MR) is 258 cm³/mol. The molecule has 0 aliphatic heterocycles. The quantitative estimate of drug-likeness (QED) is 0.0260. The molecule has 2 atom stereocenters. The van der Waals surface area contributed by atoms with Gasteiger partial charge >= 0.3 is 11.9 Å². The zero-order valence-electron chi connectivity index (χ0n) is 40.3. The molecule has 0 aliphatic carbocycles. The third-order valence-corrected chi connectivity index (χ3v) is 10.5. The van der Waals surface area contributed by atoms with Crippen molar-refractivity contribution in [2.24, 2.45) is 0 Å². The van der Waals surface area contributed by atoms with E-state index < -0.39 is 18.1 Å². The van der Waals surface area contributed by atoms with Gasteiger partial charge in [0.2, 0.25) is 0 Å². The third-order valence-electron chi connectivity index (χ3n) is 10.5. The highest BCUT2D eigenvalue weighted by molar-refractivity contribution is 5.70. The minimum Gasteiger partial charge on any atom is -0.544 e. The smallest absolute Gasteiger partial charge is 0.306 e. The second kappa shape index (κ2) is 44.1. The van der Waals surface area contributed by atoms with Crippen molar-refractivity contribution in [2.45, 2.75) is 199 Å². The molecule has 354 valence electrons. The van der Waals surface area contributed by atoms with Gasteiger partial charge in [-0.2, -0.15) is 0 Å². The highest BCUT2D eigenvalue weighted by Gasteiger charge is 2.25. The first-order valence-electron chi connectivity index (χ1n) is 24.6. The molecule has 0 N–H and O–H groups in total. The fraction of sp³-hybridized carbons (Fsp3) is 0.685. The number of carbonyl (C=O) groups is 3. The van der Waals surface area contributed by atoms with Crippen LogP contribution in [0.1, 0.15) is 187 Å². The summed E-state index contributed by atoms with van der Waals surface area (Å²) < 4.78 is 17.2. The molecule has 0 spiro atoms. The first-order valence-corrected chi connectivity index (χ1v) is 24.6. The van der Waals surface area contributed by atoms with E-state index in [9.17, 15) is 19.5 Å². The second-order valence-corrected chi connectivity index (χ2v) is 17.3. The van der Waals surface area contributed by atoms with Gasteiger partial charge < -0.3 is 28.6 Å². The summed E-state index contributed by atoms with van der Waals surface area (Å²) in [5.74, 6) is -1.77. The van der Waals surface area contributed by atoms with Crippen molar-refractivity contribution in [3.05, 3.63) is 85.1 Å². The Morgan fingerprint density at radius 3 is 1.26 bits per heavy atom. The minimum absolute atomic E-state index is 0.0294. The number of carboxylic acids is 1. The Hall–Kier alpha value is -3.49. The molecule has 0 aromatic carbocycles. The van der Waals surface area contributed by atoms with E-state index in [0.717, 1.165) is 103 Å². The van der Waals surface area contributed by atoms with E-state index in [4.69, 9.17) is 14.2 Å². The highest BCUT2D eigenvalue weighted by Crippen LogP contribution is 2.14. The summed E-state index contributed by atoms with van der Waals surface area (Å²) in [5, 5.41) is 11.7. The molecule has 0 rings (SSSR count). The van der Waals surface area contributed by atoms with Gasteiger partial charge in [-0.15, -0.1) is 0 Å². The summed E-state index contributed by atoms with van der Waals surface area (Å²) in [7, 11) is 5.40. The molecule has 0 aromatic heterocycles. The summed E-state index contributed by atoms with van der Waals surface area (Å²) in [6.45, 7) is 4.42. The largest absolute Gasteiger partial charge is 0.544 e. The fourth-order valence-corrected chi connectivity index (χ4v) is 6.78. The van der Waals surface area contributed by atoms with Gasteiger partial charge in [-0.25, -0.2) is 0 Å². The predicted octanol–water partition coefficient (Wildman–Crippen LogP) is 12.7. The number of unbranched alkanes of at least 4 members (excludes halogenated alkanes) is 15. The molecule has 0 bridgehead atoms. The Balaban J connectivity index is 4.32. The van der Waals surface area contributed by atoms with Gasteiger partial charge in [0, 0.05) is 19.3 Å². The molecule has 0 heterocycles. The molecule has 2 unspecified atom stereocenters. The Kier molecular flexibility index (Phi) is 41.6. The van der Waals surface area contributed by atoms with Gasteiger partial charge in [0.15, 0.2) is 6.10 Å². The van der Waals surface area contributed by atoms with E-state index >= 15 is 0 Å². The van der Waals surface area contributed by atoms with E-state index in [-0.39, 0.29) is 42.7 Å². The Labute approximate surface area is 380 Å². The molecule has 8 nitrogen and oxygen atoms in total. The first-order chi connectivity index (χ1) is 30.1. The molecule has 0 fully saturated rings. The van der Waals surface area contributed by atoms with Gasteiger partial charge in [0.1, 0.15) is 12.6 Å². The summed E-state index contributed by atoms with van der Waals surface area (Å²) in [6.07, 6.45) is 57.5. The molecule has 0 amide bonds. The van der Waals surface area contributed by atoms with Crippen LogP contribution < -0.4 is 5.11 Å². The number of esters is 2. The van der Waals surface area contributed by atoms with Crippen LogP contribution in [0, 0.1) is 0 Å². The second-order valence-electron chi connectivity index (χ2n) is 17.3. The summed E-state index contributed by atoms with van der Waals surface area (Å²) in [5.41, 5.74) is 0. The zero-order chi connectivity index (χ0) is 45.6. The summed E-state index contributed by atoms with van der Waals surface area (Å²) in [4.78, 5) is 37.0. The number of aliphatic carboxylic acids is 1. The Bertz CT molecular complexity index is 1290. The lowest BCUT2D eigenvalue weighted by Crippen LogP contribution is -2.55. The van der Waals surface area contributed by atoms with E-state index in [2.05, 4.69) is 98.9 Å². The normalized spacial score (nSPS) is 13.6. The number of nitrogens with zero attached hydrogens (tertiary/aromatic N) is 1. The van der Waals surface area contributed by atoms with Crippen LogP contribution in [-0.2, 0) is 28.6 Å². The average Bonchev–Trinajstić information content (AvgIpc) is 3.23. The zero-order valence-corrected chi connectivity index (χ0v) is 40.3. The lowest BCUT2D eigenvalue weighted by molar-refractivity contribution is -0.889. The number of allylic oxidation sites excluding steroid dienone is 14. The van der Waals surface area contributed by atoms with E-state index in [1.54, 1.807) is 21.1 Å². The van der Waals surface area contributed by atoms with Gasteiger partial charge in [-0.3, -0.25) is 9.59 Å². The lowest BCUT2D eigenvalue weighted by Gasteiger charge is -2.34. The standard InChI is InChI=1S/C54H91NO7/c1-6-8-10-12-14-16-18-20-22-24-26-28-30-32-34-36-38-40-42-44-52(56)61-49-50(48-60-47-46-51(54(58)59)55(3,4)5)62-53(57)45-43-41-39-37-35-33-31-29-27-25-23-21-19-17-15-13-11-9-7-2/h8-11,14-17,20-23,26,28,50-51H,6-7,12-13,18-19,24-25,27,29-49H2,1-5H3/b10-8+,11-9+,16-14+,17-15+,22-20+,23-21+,28-26+. The third kappa shape index (κ3) is 41.8. The number of hydrogen-bond acceptors (Lipinski definition) is 7. The monoisotopic (exact) mass is 866 g/mol. The van der Waals surface area contributed by atoms with Gasteiger partial charge in [0.25, 0.3) is 0 Å². The number of carboxylic acid groups (broad SMARTS) is 1. The lowest BCUT2D eigenvalue weighted by atomic mass is 10.1. The van der Waals surface area contributed by atoms with Crippen LogP contribution in [0.25, 0.3) is 0 Å². The molecular weight excluding hydrogens is 775 g/mol. The molecule has 62 heavy (non-hydrogen) atoms. The molecular formula is C54H91NO7. The van der Waals surface area contributed by atoms with Crippen molar-refractivity contribution in [3.63, 3.8) is 0 Å². The highest BCUT2D eigenvalue weighted by atomic mass is 16.6. The van der Waals surface area contributed by atoms with Crippen LogP contribution in [0.2, 0.25) is 0 Å². The van der Waals surface area contributed by atoms with Crippen LogP contribution in [0.4, 0.5) is 0 Å². The number of rotatable bonds is 43. The van der Waals surface area contributed by atoms with Crippen LogP contribution in [0.5, 0.6) is 0 Å². The van der Waals surface area contributed by atoms with Gasteiger partial charge in [-0.05, 0) is 83.5 Å². The topological polar surface area (TPSA) is 102 Å². The number of carbonyl (C=O) groups excluding carboxylic acids is 3. The molecule has 0 aromatic rings. The van der Waals surface area contributed by atoms with Crippen molar-refractivity contribution in [3.8, 4) is 0 Å². The fourth-order valence-electron chi connectivity index (χ4n) is 6.78. The molecule has 0 radical (unpaired) electrons. The van der Waals surface area contributed by atoms with Crippen molar-refractivity contribution >= 4 is 17.9 Å². The summed E-state index contributed by atoms with van der Waals surface area (Å²) in [6, 6.07) is -0.734. The average molecular weight is 866 g/mol. The molecule has 0 aliphatic rings. The maximum atomic E-state index is 12.8. The van der Waals surface area contributed by atoms with Crippen molar-refractivity contribution in [1.29, 1.82) is 0 Å². The molecule has 0 saturated carbocycles.